The summed E-state index contributed by atoms with van der Waals surface area (Å²) in [5.41, 5.74) is 1.99. The zero-order valence-corrected chi connectivity index (χ0v) is 14.4. The van der Waals surface area contributed by atoms with Gasteiger partial charge in [-0.25, -0.2) is 9.37 Å². The summed E-state index contributed by atoms with van der Waals surface area (Å²) in [5, 5.41) is 7.19. The molecule has 0 saturated heterocycles. The van der Waals surface area contributed by atoms with Crippen LogP contribution in [0.5, 0.6) is 0 Å². The molecule has 0 aliphatic carbocycles. The van der Waals surface area contributed by atoms with Crippen LogP contribution in [-0.4, -0.2) is 26.8 Å². The van der Waals surface area contributed by atoms with Crippen LogP contribution in [-0.2, 0) is 4.79 Å². The predicted octanol–water partition coefficient (Wildman–Crippen LogP) is 3.62. The van der Waals surface area contributed by atoms with Crippen molar-refractivity contribution in [3.05, 3.63) is 53.7 Å². The second kappa shape index (κ2) is 7.43. The molecule has 3 rings (SSSR count). The van der Waals surface area contributed by atoms with Crippen LogP contribution in [0.25, 0.3) is 11.5 Å². The topological polar surface area (TPSA) is 80.9 Å². The SMILES string of the molecule is Cc1noc(-c2ccc(SCC(=O)Nc3ccc(F)cc3C)nc2)n1. The molecule has 2 heterocycles. The van der Waals surface area contributed by atoms with Crippen molar-refractivity contribution < 1.29 is 13.7 Å². The number of aromatic nitrogens is 3. The Kier molecular flexibility index (Phi) is 5.08. The number of halogens is 1. The van der Waals surface area contributed by atoms with Gasteiger partial charge in [-0.2, -0.15) is 4.98 Å². The molecule has 0 spiro atoms. The predicted molar refractivity (Wildman–Crippen MR) is 92.8 cm³/mol. The number of thioether (sulfide) groups is 1. The van der Waals surface area contributed by atoms with Crippen LogP contribution in [0.4, 0.5) is 10.1 Å². The Balaban J connectivity index is 1.57. The zero-order valence-electron chi connectivity index (χ0n) is 13.6. The third-order valence-corrected chi connectivity index (χ3v) is 4.27. The van der Waals surface area contributed by atoms with Crippen molar-refractivity contribution in [2.45, 2.75) is 18.9 Å². The maximum atomic E-state index is 13.1. The summed E-state index contributed by atoms with van der Waals surface area (Å²) in [7, 11) is 0. The molecule has 6 nitrogen and oxygen atoms in total. The van der Waals surface area contributed by atoms with Gasteiger partial charge in [-0.15, -0.1) is 0 Å². The van der Waals surface area contributed by atoms with E-state index in [4.69, 9.17) is 4.52 Å². The Morgan fingerprint density at radius 3 is 2.76 bits per heavy atom. The summed E-state index contributed by atoms with van der Waals surface area (Å²) in [5.74, 6) is 0.652. The second-order valence-corrected chi connectivity index (χ2v) is 6.32. The van der Waals surface area contributed by atoms with Gasteiger partial charge in [-0.3, -0.25) is 4.79 Å². The number of rotatable bonds is 5. The lowest BCUT2D eigenvalue weighted by molar-refractivity contribution is -0.113. The summed E-state index contributed by atoms with van der Waals surface area (Å²) in [6.45, 7) is 3.48. The average molecular weight is 358 g/mol. The molecule has 0 fully saturated rings. The Bertz CT molecular complexity index is 896. The molecule has 2 aromatic heterocycles. The molecule has 3 aromatic rings. The number of benzene rings is 1. The Labute approximate surface area is 147 Å². The number of nitrogens with zero attached hydrogens (tertiary/aromatic N) is 3. The van der Waals surface area contributed by atoms with E-state index < -0.39 is 0 Å². The van der Waals surface area contributed by atoms with E-state index in [0.717, 1.165) is 5.56 Å². The van der Waals surface area contributed by atoms with E-state index in [2.05, 4.69) is 20.4 Å². The van der Waals surface area contributed by atoms with Crippen molar-refractivity contribution in [2.24, 2.45) is 0 Å². The number of hydrogen-bond acceptors (Lipinski definition) is 6. The molecule has 0 radical (unpaired) electrons. The highest BCUT2D eigenvalue weighted by molar-refractivity contribution is 7.99. The Morgan fingerprint density at radius 1 is 1.28 bits per heavy atom. The summed E-state index contributed by atoms with van der Waals surface area (Å²) in [6, 6.07) is 7.84. The zero-order chi connectivity index (χ0) is 17.8. The number of pyridine rings is 1. The van der Waals surface area contributed by atoms with Gasteiger partial charge in [-0.05, 0) is 49.7 Å². The van der Waals surface area contributed by atoms with Gasteiger partial charge in [0, 0.05) is 11.9 Å². The van der Waals surface area contributed by atoms with E-state index in [0.29, 0.717) is 28.0 Å². The van der Waals surface area contributed by atoms with E-state index in [1.165, 1.54) is 23.9 Å². The van der Waals surface area contributed by atoms with Gasteiger partial charge >= 0.3 is 0 Å². The van der Waals surface area contributed by atoms with Crippen LogP contribution in [0.3, 0.4) is 0 Å². The van der Waals surface area contributed by atoms with Gasteiger partial charge < -0.3 is 9.84 Å². The molecular weight excluding hydrogens is 343 g/mol. The molecular formula is C17H15FN4O2S. The number of carbonyl (C=O) groups is 1. The highest BCUT2D eigenvalue weighted by atomic mass is 32.2. The molecule has 0 unspecified atom stereocenters. The van der Waals surface area contributed by atoms with Crippen LogP contribution in [0.15, 0.2) is 46.1 Å². The largest absolute Gasteiger partial charge is 0.334 e. The fraction of sp³-hybridized carbons (Fsp3) is 0.176. The van der Waals surface area contributed by atoms with Crippen molar-refractivity contribution in [3.8, 4) is 11.5 Å². The number of aryl methyl sites for hydroxylation is 2. The average Bonchev–Trinajstić information content (AvgIpc) is 3.02. The first-order valence-corrected chi connectivity index (χ1v) is 8.45. The minimum atomic E-state index is -0.328. The van der Waals surface area contributed by atoms with Crippen molar-refractivity contribution in [2.75, 3.05) is 11.1 Å². The minimum absolute atomic E-state index is 0.182. The van der Waals surface area contributed by atoms with Crippen LogP contribution >= 0.6 is 11.8 Å². The maximum absolute atomic E-state index is 13.1. The Hall–Kier alpha value is -2.74. The molecule has 0 aliphatic heterocycles. The van der Waals surface area contributed by atoms with Crippen molar-refractivity contribution in [1.82, 2.24) is 15.1 Å². The third kappa shape index (κ3) is 4.42. The molecule has 0 bridgehead atoms. The first kappa shape index (κ1) is 17.1. The van der Waals surface area contributed by atoms with Crippen LogP contribution < -0.4 is 5.32 Å². The number of anilines is 1. The lowest BCUT2D eigenvalue weighted by Gasteiger charge is -2.08. The molecule has 0 atom stereocenters. The molecule has 1 aromatic carbocycles. The molecule has 1 amide bonds. The lowest BCUT2D eigenvalue weighted by Crippen LogP contribution is -2.15. The highest BCUT2D eigenvalue weighted by Gasteiger charge is 2.09. The van der Waals surface area contributed by atoms with Crippen molar-refractivity contribution in [3.63, 3.8) is 0 Å². The molecule has 1 N–H and O–H groups in total. The Morgan fingerprint density at radius 2 is 2.12 bits per heavy atom. The van der Waals surface area contributed by atoms with E-state index >= 15 is 0 Å². The monoisotopic (exact) mass is 358 g/mol. The first-order chi connectivity index (χ1) is 12.0. The van der Waals surface area contributed by atoms with Gasteiger partial charge in [0.05, 0.1) is 16.3 Å². The normalized spacial score (nSPS) is 10.7. The smallest absolute Gasteiger partial charge is 0.259 e. The quantitative estimate of drug-likeness (QED) is 0.702. The van der Waals surface area contributed by atoms with Gasteiger partial charge in [0.1, 0.15) is 5.82 Å². The summed E-state index contributed by atoms with van der Waals surface area (Å²) < 4.78 is 18.1. The maximum Gasteiger partial charge on any atom is 0.259 e. The van der Waals surface area contributed by atoms with Gasteiger partial charge in [0.25, 0.3) is 5.89 Å². The standard InChI is InChI=1S/C17H15FN4O2S/c1-10-7-13(18)4-5-14(10)21-15(23)9-25-16-6-3-12(8-19-16)17-20-11(2)22-24-17/h3-8H,9H2,1-2H3,(H,21,23). The van der Waals surface area contributed by atoms with Crippen LogP contribution in [0.2, 0.25) is 0 Å². The number of hydrogen-bond donors (Lipinski definition) is 1. The number of nitrogens with one attached hydrogen (secondary N) is 1. The molecule has 128 valence electrons. The van der Waals surface area contributed by atoms with Crippen LogP contribution in [0.1, 0.15) is 11.4 Å². The summed E-state index contributed by atoms with van der Waals surface area (Å²) in [4.78, 5) is 20.4. The van der Waals surface area contributed by atoms with E-state index in [-0.39, 0.29) is 17.5 Å². The number of carbonyl (C=O) groups excluding carboxylic acids is 1. The minimum Gasteiger partial charge on any atom is -0.334 e. The summed E-state index contributed by atoms with van der Waals surface area (Å²) >= 11 is 1.30. The lowest BCUT2D eigenvalue weighted by atomic mass is 10.2. The highest BCUT2D eigenvalue weighted by Crippen LogP contribution is 2.21. The second-order valence-electron chi connectivity index (χ2n) is 5.33. The third-order valence-electron chi connectivity index (χ3n) is 3.32. The van der Waals surface area contributed by atoms with E-state index in [9.17, 15) is 9.18 Å². The fourth-order valence-electron chi connectivity index (χ4n) is 2.10. The van der Waals surface area contributed by atoms with Crippen molar-refractivity contribution >= 4 is 23.4 Å². The van der Waals surface area contributed by atoms with E-state index in [1.807, 2.05) is 6.07 Å². The molecule has 0 saturated carbocycles. The molecule has 25 heavy (non-hydrogen) atoms. The fourth-order valence-corrected chi connectivity index (χ4v) is 2.74. The number of amides is 1. The molecule has 0 aliphatic rings. The van der Waals surface area contributed by atoms with Gasteiger partial charge in [0.2, 0.25) is 5.91 Å². The first-order valence-electron chi connectivity index (χ1n) is 7.47. The van der Waals surface area contributed by atoms with Crippen molar-refractivity contribution in [1.29, 1.82) is 0 Å². The van der Waals surface area contributed by atoms with Crippen LogP contribution in [0, 0.1) is 19.7 Å². The van der Waals surface area contributed by atoms with Gasteiger partial charge in [-0.1, -0.05) is 16.9 Å². The molecule has 8 heteroatoms. The van der Waals surface area contributed by atoms with Gasteiger partial charge in [0.15, 0.2) is 5.82 Å². The summed E-state index contributed by atoms with van der Waals surface area (Å²) in [6.07, 6.45) is 1.62. The van der Waals surface area contributed by atoms with E-state index in [1.54, 1.807) is 32.2 Å².